The van der Waals surface area contributed by atoms with Gasteiger partial charge in [-0.05, 0) is 57.1 Å². The Hall–Kier alpha value is -1.64. The number of unbranched alkanes of at least 4 members (excludes halogenated alkanes) is 3. The minimum atomic E-state index is 0.883. The molecule has 0 aromatic heterocycles. The molecule has 118 valence electrons. The Balaban J connectivity index is 2.07. The van der Waals surface area contributed by atoms with Crippen molar-refractivity contribution in [3.8, 4) is 0 Å². The summed E-state index contributed by atoms with van der Waals surface area (Å²) in [5, 5.41) is 3.22. The fraction of sp³-hybridized carbons (Fsp3) is 0.400. The number of quaternary nitrogens is 1. The molecule has 0 fully saturated rings. The highest BCUT2D eigenvalue weighted by atomic mass is 15.3. The number of para-hydroxylation sites is 2. The first-order chi connectivity index (χ1) is 10.8. The molecule has 2 aromatic carbocycles. The second-order valence-electron chi connectivity index (χ2n) is 6.10. The highest BCUT2D eigenvalue weighted by molar-refractivity contribution is 5.57. The topological polar surface area (TPSA) is 12.0 Å². The van der Waals surface area contributed by atoms with Crippen molar-refractivity contribution >= 4 is 11.4 Å². The number of nitrogens with zero attached hydrogens (tertiary/aromatic N) is 1. The number of rotatable bonds is 9. The van der Waals surface area contributed by atoms with E-state index in [0.717, 1.165) is 17.6 Å². The summed E-state index contributed by atoms with van der Waals surface area (Å²) >= 11 is 0. The summed E-state index contributed by atoms with van der Waals surface area (Å²) in [7, 11) is 4.36. The van der Waals surface area contributed by atoms with Gasteiger partial charge < -0.3 is 5.32 Å². The number of nitrogens with one attached hydrogen (secondary N) is 1. The first-order valence-electron chi connectivity index (χ1n) is 8.39. The van der Waals surface area contributed by atoms with Crippen LogP contribution in [0.25, 0.3) is 0 Å². The molecule has 0 saturated carbocycles. The van der Waals surface area contributed by atoms with Gasteiger partial charge >= 0.3 is 0 Å². The molecule has 1 N–H and O–H groups in total. The highest BCUT2D eigenvalue weighted by Crippen LogP contribution is 2.32. The standard InChI is InChI=1S/C20H29N2/c1-21-17-11-3-4-12-18-22(2,19-13-7-5-8-14-19)20-15-9-6-10-16-20/h5-10,13-16,21H,3-4,11-12,17-18H2,1-2H3/q+1. The highest BCUT2D eigenvalue weighted by Gasteiger charge is 2.26. The van der Waals surface area contributed by atoms with Crippen LogP contribution in [0.3, 0.4) is 0 Å². The minimum Gasteiger partial charge on any atom is -0.320 e. The third kappa shape index (κ3) is 4.43. The van der Waals surface area contributed by atoms with Crippen LogP contribution in [0.15, 0.2) is 60.7 Å². The Bertz CT molecular complexity index is 482. The zero-order valence-corrected chi connectivity index (χ0v) is 14.0. The summed E-state index contributed by atoms with van der Waals surface area (Å²) in [6.45, 7) is 2.27. The molecule has 0 spiro atoms. The fourth-order valence-electron chi connectivity index (χ4n) is 3.00. The van der Waals surface area contributed by atoms with Gasteiger partial charge in [0.05, 0.1) is 13.6 Å². The van der Waals surface area contributed by atoms with Crippen molar-refractivity contribution in [3.63, 3.8) is 0 Å². The van der Waals surface area contributed by atoms with Gasteiger partial charge in [-0.1, -0.05) is 42.8 Å². The van der Waals surface area contributed by atoms with E-state index < -0.39 is 0 Å². The Morgan fingerprint density at radius 2 is 1.23 bits per heavy atom. The molecule has 0 saturated heterocycles. The van der Waals surface area contributed by atoms with Crippen LogP contribution in [0.4, 0.5) is 11.4 Å². The first kappa shape index (κ1) is 16.7. The maximum absolute atomic E-state index is 3.22. The zero-order valence-electron chi connectivity index (χ0n) is 14.0. The van der Waals surface area contributed by atoms with E-state index in [4.69, 9.17) is 0 Å². The van der Waals surface area contributed by atoms with Crippen molar-refractivity contribution in [1.82, 2.24) is 9.80 Å². The van der Waals surface area contributed by atoms with Crippen molar-refractivity contribution in [2.24, 2.45) is 0 Å². The van der Waals surface area contributed by atoms with E-state index >= 15 is 0 Å². The third-order valence-electron chi connectivity index (χ3n) is 4.43. The molecule has 2 rings (SSSR count). The van der Waals surface area contributed by atoms with Crippen molar-refractivity contribution < 1.29 is 0 Å². The van der Waals surface area contributed by atoms with E-state index in [1.165, 1.54) is 37.1 Å². The van der Waals surface area contributed by atoms with Gasteiger partial charge in [-0.2, -0.15) is 0 Å². The van der Waals surface area contributed by atoms with Gasteiger partial charge in [-0.3, -0.25) is 4.48 Å². The SMILES string of the molecule is CNCCCCCC[N+](C)(c1ccccc1)c1ccccc1. The normalized spacial score (nSPS) is 11.5. The molecule has 0 unspecified atom stereocenters. The predicted molar refractivity (Wildman–Crippen MR) is 97.5 cm³/mol. The molecule has 0 aliphatic heterocycles. The third-order valence-corrected chi connectivity index (χ3v) is 4.43. The first-order valence-corrected chi connectivity index (χ1v) is 8.39. The molecular formula is C20H29N2+. The number of hydrogen-bond acceptors (Lipinski definition) is 1. The van der Waals surface area contributed by atoms with Crippen LogP contribution in [0, 0.1) is 0 Å². The van der Waals surface area contributed by atoms with E-state index in [1.54, 1.807) is 0 Å². The summed E-state index contributed by atoms with van der Waals surface area (Å²) in [5.41, 5.74) is 2.73. The maximum Gasteiger partial charge on any atom is 0.137 e. The van der Waals surface area contributed by atoms with Gasteiger partial charge in [0.2, 0.25) is 0 Å². The summed E-state index contributed by atoms with van der Waals surface area (Å²) in [6.07, 6.45) is 5.14. The van der Waals surface area contributed by atoms with Gasteiger partial charge in [0, 0.05) is 0 Å². The monoisotopic (exact) mass is 297 g/mol. The van der Waals surface area contributed by atoms with Crippen LogP contribution in [-0.2, 0) is 0 Å². The quantitative estimate of drug-likeness (QED) is 0.521. The Labute approximate surface area is 135 Å². The van der Waals surface area contributed by atoms with Gasteiger partial charge in [0.15, 0.2) is 0 Å². The Morgan fingerprint density at radius 1 is 0.727 bits per heavy atom. The van der Waals surface area contributed by atoms with Crippen LogP contribution in [0.1, 0.15) is 25.7 Å². The maximum atomic E-state index is 3.22. The minimum absolute atomic E-state index is 0.883. The summed E-state index contributed by atoms with van der Waals surface area (Å²) < 4.78 is 0.883. The molecule has 0 aliphatic rings. The Morgan fingerprint density at radius 3 is 1.73 bits per heavy atom. The van der Waals surface area contributed by atoms with Crippen molar-refractivity contribution in [3.05, 3.63) is 60.7 Å². The molecule has 0 bridgehead atoms. The van der Waals surface area contributed by atoms with Gasteiger partial charge in [-0.15, -0.1) is 0 Å². The van der Waals surface area contributed by atoms with Crippen LogP contribution in [0.2, 0.25) is 0 Å². The molecule has 2 heteroatoms. The molecule has 2 aromatic rings. The molecule has 0 aliphatic carbocycles. The van der Waals surface area contributed by atoms with Crippen LogP contribution >= 0.6 is 0 Å². The lowest BCUT2D eigenvalue weighted by atomic mass is 10.1. The molecule has 0 radical (unpaired) electrons. The van der Waals surface area contributed by atoms with E-state index in [1.807, 2.05) is 7.05 Å². The van der Waals surface area contributed by atoms with Crippen molar-refractivity contribution in [2.75, 3.05) is 27.2 Å². The van der Waals surface area contributed by atoms with Crippen molar-refractivity contribution in [1.29, 1.82) is 0 Å². The molecule has 0 heterocycles. The summed E-state index contributed by atoms with van der Waals surface area (Å²) in [6, 6.07) is 21.7. The number of hydrogen-bond donors (Lipinski definition) is 1. The van der Waals surface area contributed by atoms with Crippen LogP contribution < -0.4 is 9.80 Å². The average molecular weight is 297 g/mol. The molecule has 22 heavy (non-hydrogen) atoms. The van der Waals surface area contributed by atoms with E-state index in [9.17, 15) is 0 Å². The molecular weight excluding hydrogens is 268 g/mol. The number of benzene rings is 2. The van der Waals surface area contributed by atoms with Gasteiger partial charge in [-0.25, -0.2) is 0 Å². The van der Waals surface area contributed by atoms with E-state index in [2.05, 4.69) is 73.0 Å². The van der Waals surface area contributed by atoms with Gasteiger partial charge in [0.25, 0.3) is 0 Å². The van der Waals surface area contributed by atoms with Gasteiger partial charge in [0.1, 0.15) is 11.4 Å². The Kier molecular flexibility index (Phi) is 6.63. The van der Waals surface area contributed by atoms with Crippen molar-refractivity contribution in [2.45, 2.75) is 25.7 Å². The largest absolute Gasteiger partial charge is 0.320 e. The lowest BCUT2D eigenvalue weighted by molar-refractivity contribution is 0.431. The molecule has 0 atom stereocenters. The fourth-order valence-corrected chi connectivity index (χ4v) is 3.00. The average Bonchev–Trinajstić information content (AvgIpc) is 2.59. The molecule has 2 nitrogen and oxygen atoms in total. The molecule has 0 amide bonds. The lowest BCUT2D eigenvalue weighted by Gasteiger charge is -2.33. The van der Waals surface area contributed by atoms with E-state index in [-0.39, 0.29) is 0 Å². The second-order valence-corrected chi connectivity index (χ2v) is 6.10. The summed E-state index contributed by atoms with van der Waals surface area (Å²) in [4.78, 5) is 0. The summed E-state index contributed by atoms with van der Waals surface area (Å²) in [5.74, 6) is 0. The zero-order chi connectivity index (χ0) is 15.7. The smallest absolute Gasteiger partial charge is 0.137 e. The van der Waals surface area contributed by atoms with E-state index in [0.29, 0.717) is 0 Å². The predicted octanol–water partition coefficient (Wildman–Crippen LogP) is 4.74. The lowest BCUT2D eigenvalue weighted by Crippen LogP contribution is -2.40. The second kappa shape index (κ2) is 8.72. The van der Waals surface area contributed by atoms with Crippen LogP contribution in [-0.4, -0.2) is 27.2 Å². The van der Waals surface area contributed by atoms with Crippen LogP contribution in [0.5, 0.6) is 0 Å².